The minimum absolute atomic E-state index is 0.631. The van der Waals surface area contributed by atoms with Gasteiger partial charge in [-0.2, -0.15) is 0 Å². The zero-order valence-corrected chi connectivity index (χ0v) is 14.5. The lowest BCUT2D eigenvalue weighted by molar-refractivity contribution is 0.414. The fraction of sp³-hybridized carbons (Fsp3) is 0.136. The average Bonchev–Trinajstić information content (AvgIpc) is 2.68. The van der Waals surface area contributed by atoms with Gasteiger partial charge in [-0.1, -0.05) is 42.5 Å². The van der Waals surface area contributed by atoms with Crippen molar-refractivity contribution in [1.82, 2.24) is 0 Å². The molecule has 0 aliphatic heterocycles. The first-order valence-corrected chi connectivity index (χ1v) is 8.16. The minimum atomic E-state index is 0.631. The molecule has 126 valence electrons. The van der Waals surface area contributed by atoms with E-state index in [4.69, 9.17) is 14.9 Å². The molecule has 3 aromatic rings. The van der Waals surface area contributed by atoms with Crippen LogP contribution in [0, 0.1) is 5.41 Å². The molecule has 0 aliphatic rings. The molecule has 0 heterocycles. The van der Waals surface area contributed by atoms with E-state index in [1.807, 2.05) is 24.3 Å². The molecule has 0 spiro atoms. The van der Waals surface area contributed by atoms with Crippen LogP contribution in [-0.4, -0.2) is 20.4 Å². The Morgan fingerprint density at radius 2 is 1.24 bits per heavy atom. The lowest BCUT2D eigenvalue weighted by atomic mass is 9.92. The molecule has 3 nitrogen and oxygen atoms in total. The van der Waals surface area contributed by atoms with Crippen molar-refractivity contribution in [1.29, 1.82) is 5.41 Å². The largest absolute Gasteiger partial charge is 0.497 e. The van der Waals surface area contributed by atoms with Crippen LogP contribution in [0.5, 0.6) is 11.5 Å². The molecule has 0 unspecified atom stereocenters. The van der Waals surface area contributed by atoms with Crippen LogP contribution in [0.15, 0.2) is 66.7 Å². The van der Waals surface area contributed by atoms with Gasteiger partial charge in [-0.25, -0.2) is 0 Å². The first-order valence-electron chi connectivity index (χ1n) is 8.16. The van der Waals surface area contributed by atoms with Crippen molar-refractivity contribution < 1.29 is 9.47 Å². The lowest BCUT2D eigenvalue weighted by Crippen LogP contribution is -1.91. The standard InChI is InChI=1S/C22H21NO2/c1-24-19-8-4-17(5-9-19)21-12-3-16(13-14-23)15-22(21)18-6-10-20(25-2)11-7-18/h3-12,14-15,23H,13H2,1-2H3. The number of hydrogen-bond donors (Lipinski definition) is 1. The van der Waals surface area contributed by atoms with E-state index in [0.29, 0.717) is 6.42 Å². The van der Waals surface area contributed by atoms with Crippen molar-refractivity contribution in [2.45, 2.75) is 6.42 Å². The second-order valence-electron chi connectivity index (χ2n) is 5.75. The van der Waals surface area contributed by atoms with Crippen LogP contribution < -0.4 is 9.47 Å². The Balaban J connectivity index is 2.10. The van der Waals surface area contributed by atoms with E-state index in [1.165, 1.54) is 6.21 Å². The van der Waals surface area contributed by atoms with Crippen molar-refractivity contribution in [3.05, 3.63) is 72.3 Å². The van der Waals surface area contributed by atoms with E-state index in [-0.39, 0.29) is 0 Å². The van der Waals surface area contributed by atoms with Crippen molar-refractivity contribution in [2.75, 3.05) is 14.2 Å². The van der Waals surface area contributed by atoms with Crippen LogP contribution in [0.1, 0.15) is 5.56 Å². The molecule has 0 radical (unpaired) electrons. The zero-order valence-electron chi connectivity index (χ0n) is 14.5. The highest BCUT2D eigenvalue weighted by atomic mass is 16.5. The normalized spacial score (nSPS) is 10.3. The van der Waals surface area contributed by atoms with Crippen LogP contribution in [0.2, 0.25) is 0 Å². The molecule has 0 saturated carbocycles. The fourth-order valence-electron chi connectivity index (χ4n) is 2.87. The molecule has 3 aromatic carbocycles. The smallest absolute Gasteiger partial charge is 0.118 e. The first kappa shape index (κ1) is 16.8. The van der Waals surface area contributed by atoms with Gasteiger partial charge in [-0.05, 0) is 58.3 Å². The van der Waals surface area contributed by atoms with Gasteiger partial charge in [-0.3, -0.25) is 0 Å². The molecule has 0 atom stereocenters. The topological polar surface area (TPSA) is 42.3 Å². The molecule has 0 saturated heterocycles. The molecule has 1 N–H and O–H groups in total. The molecule has 3 heteroatoms. The molecule has 0 bridgehead atoms. The summed E-state index contributed by atoms with van der Waals surface area (Å²) < 4.78 is 10.5. The van der Waals surface area contributed by atoms with Gasteiger partial charge in [0.25, 0.3) is 0 Å². The number of ether oxygens (including phenoxy) is 2. The van der Waals surface area contributed by atoms with Crippen LogP contribution in [0.3, 0.4) is 0 Å². The van der Waals surface area contributed by atoms with E-state index in [0.717, 1.165) is 39.3 Å². The van der Waals surface area contributed by atoms with E-state index >= 15 is 0 Å². The zero-order chi connectivity index (χ0) is 17.6. The maximum Gasteiger partial charge on any atom is 0.118 e. The Kier molecular flexibility index (Phi) is 5.14. The maximum atomic E-state index is 7.38. The molecular weight excluding hydrogens is 310 g/mol. The van der Waals surface area contributed by atoms with E-state index in [9.17, 15) is 0 Å². The van der Waals surface area contributed by atoms with Gasteiger partial charge in [0.2, 0.25) is 0 Å². The Labute approximate surface area is 148 Å². The van der Waals surface area contributed by atoms with Crippen molar-refractivity contribution in [2.24, 2.45) is 0 Å². The van der Waals surface area contributed by atoms with E-state index in [2.05, 4.69) is 42.5 Å². The van der Waals surface area contributed by atoms with Crippen LogP contribution in [0.25, 0.3) is 22.3 Å². The Morgan fingerprint density at radius 1 is 0.720 bits per heavy atom. The summed E-state index contributed by atoms with van der Waals surface area (Å²) in [6.07, 6.45) is 2.06. The number of benzene rings is 3. The van der Waals surface area contributed by atoms with Gasteiger partial charge >= 0.3 is 0 Å². The second kappa shape index (κ2) is 7.67. The van der Waals surface area contributed by atoms with Gasteiger partial charge in [0, 0.05) is 6.42 Å². The van der Waals surface area contributed by atoms with Crippen molar-refractivity contribution >= 4 is 6.21 Å². The number of rotatable bonds is 6. The number of methoxy groups -OCH3 is 2. The Morgan fingerprint density at radius 3 is 1.72 bits per heavy atom. The highest BCUT2D eigenvalue weighted by molar-refractivity contribution is 5.84. The molecule has 0 amide bonds. The van der Waals surface area contributed by atoms with Gasteiger partial charge in [0.1, 0.15) is 11.5 Å². The SMILES string of the molecule is COc1ccc(-c2ccc(CC=N)cc2-c2ccc(OC)cc2)cc1. The Hall–Kier alpha value is -3.07. The molecule has 25 heavy (non-hydrogen) atoms. The Bertz CT molecular complexity index is 852. The summed E-state index contributed by atoms with van der Waals surface area (Å²) in [5.74, 6) is 1.68. The third-order valence-electron chi connectivity index (χ3n) is 4.22. The second-order valence-corrected chi connectivity index (χ2v) is 5.75. The third kappa shape index (κ3) is 3.72. The summed E-state index contributed by atoms with van der Waals surface area (Å²) in [6, 6.07) is 22.5. The highest BCUT2D eigenvalue weighted by Crippen LogP contribution is 2.34. The highest BCUT2D eigenvalue weighted by Gasteiger charge is 2.09. The summed E-state index contributed by atoms with van der Waals surface area (Å²) in [6.45, 7) is 0. The third-order valence-corrected chi connectivity index (χ3v) is 4.22. The average molecular weight is 331 g/mol. The van der Waals surface area contributed by atoms with Gasteiger partial charge in [-0.15, -0.1) is 0 Å². The van der Waals surface area contributed by atoms with Gasteiger partial charge < -0.3 is 14.9 Å². The molecule has 0 aromatic heterocycles. The van der Waals surface area contributed by atoms with Crippen LogP contribution in [0.4, 0.5) is 0 Å². The predicted molar refractivity (Wildman–Crippen MR) is 103 cm³/mol. The maximum absolute atomic E-state index is 7.38. The number of nitrogens with one attached hydrogen (secondary N) is 1. The van der Waals surface area contributed by atoms with Crippen molar-refractivity contribution in [3.8, 4) is 33.8 Å². The predicted octanol–water partition coefficient (Wildman–Crippen LogP) is 5.23. The molecular formula is C22H21NO2. The monoisotopic (exact) mass is 331 g/mol. The summed E-state index contributed by atoms with van der Waals surface area (Å²) in [5, 5.41) is 7.38. The first-order chi connectivity index (χ1) is 12.2. The quantitative estimate of drug-likeness (QED) is 0.628. The van der Waals surface area contributed by atoms with Crippen LogP contribution in [-0.2, 0) is 6.42 Å². The van der Waals surface area contributed by atoms with Gasteiger partial charge in [0.15, 0.2) is 0 Å². The molecule has 0 aliphatic carbocycles. The fourth-order valence-corrected chi connectivity index (χ4v) is 2.87. The van der Waals surface area contributed by atoms with Gasteiger partial charge in [0.05, 0.1) is 14.2 Å². The summed E-state index contributed by atoms with van der Waals surface area (Å²) in [7, 11) is 3.34. The molecule has 3 rings (SSSR count). The summed E-state index contributed by atoms with van der Waals surface area (Å²) >= 11 is 0. The minimum Gasteiger partial charge on any atom is -0.497 e. The number of hydrogen-bond acceptors (Lipinski definition) is 3. The lowest BCUT2D eigenvalue weighted by Gasteiger charge is -2.13. The summed E-state index contributed by atoms with van der Waals surface area (Å²) in [5.41, 5.74) is 5.68. The van der Waals surface area contributed by atoms with Crippen LogP contribution >= 0.6 is 0 Å². The summed E-state index contributed by atoms with van der Waals surface area (Å²) in [4.78, 5) is 0. The van der Waals surface area contributed by atoms with E-state index in [1.54, 1.807) is 14.2 Å². The van der Waals surface area contributed by atoms with E-state index < -0.39 is 0 Å². The molecule has 0 fully saturated rings. The van der Waals surface area contributed by atoms with Crippen molar-refractivity contribution in [3.63, 3.8) is 0 Å².